The van der Waals surface area contributed by atoms with Gasteiger partial charge in [-0.05, 0) is 0 Å². The van der Waals surface area contributed by atoms with Crippen LogP contribution < -0.4 is 9.47 Å². The van der Waals surface area contributed by atoms with E-state index in [4.69, 9.17) is 23.7 Å². The second-order valence-electron chi connectivity index (χ2n) is 9.42. The molecule has 7 atom stereocenters. The second-order valence-corrected chi connectivity index (χ2v) is 13.0. The summed E-state index contributed by atoms with van der Waals surface area (Å²) in [5, 5.41) is 0. The third-order valence-electron chi connectivity index (χ3n) is 6.54. The molecule has 2 saturated heterocycles. The number of nitrogens with zero attached hydrogens (tertiary/aromatic N) is 1. The van der Waals surface area contributed by atoms with E-state index in [1.165, 1.54) is 0 Å². The summed E-state index contributed by atoms with van der Waals surface area (Å²) in [6, 6.07) is 15.5. The van der Waals surface area contributed by atoms with Crippen molar-refractivity contribution in [3.05, 3.63) is 59.7 Å². The third-order valence-corrected chi connectivity index (χ3v) is 9.79. The van der Waals surface area contributed by atoms with Crippen LogP contribution >= 0.6 is 11.8 Å². The predicted octanol–water partition coefficient (Wildman–Crippen LogP) is 3.61. The minimum absolute atomic E-state index is 0.0467. The molecular formula is C26H35AsFNO5S. The van der Waals surface area contributed by atoms with Gasteiger partial charge in [-0.2, -0.15) is 0 Å². The number of likely N-dealkylation sites (N-methyl/N-ethyl adjacent to an activating group) is 1. The standard InChI is InChI=1S/C26H35AsFNO5S/c1-26(2,28)23-22(33-15-17-8-12-19(31-5)13-9-17)21(20-24(34-23)35-25(27)29(20)3)32-14-16-6-10-18(30-4)11-7-16/h6-13,20-25H,14-15,27H2,1-5H3/t20-,21-,22+,23+,24-,25?/m1/s1. The average molecular weight is 568 g/mol. The fourth-order valence-electron chi connectivity index (χ4n) is 4.52. The summed E-state index contributed by atoms with van der Waals surface area (Å²) in [6.45, 7) is 3.82. The monoisotopic (exact) mass is 567 g/mol. The van der Waals surface area contributed by atoms with Gasteiger partial charge < -0.3 is 0 Å². The van der Waals surface area contributed by atoms with Gasteiger partial charge in [-0.25, -0.2) is 0 Å². The molecule has 35 heavy (non-hydrogen) atoms. The predicted molar refractivity (Wildman–Crippen MR) is 138 cm³/mol. The van der Waals surface area contributed by atoms with Gasteiger partial charge >= 0.3 is 214 Å². The molecule has 0 aromatic heterocycles. The molecule has 4 rings (SSSR count). The molecule has 0 N–H and O–H groups in total. The summed E-state index contributed by atoms with van der Waals surface area (Å²) in [4.78, 5) is 2.28. The molecule has 2 fully saturated rings. The quantitative estimate of drug-likeness (QED) is 0.430. The van der Waals surface area contributed by atoms with E-state index in [-0.39, 0.29) is 21.7 Å². The number of methoxy groups -OCH3 is 2. The third kappa shape index (κ3) is 6.17. The van der Waals surface area contributed by atoms with Gasteiger partial charge in [0, 0.05) is 0 Å². The second kappa shape index (κ2) is 11.4. The summed E-state index contributed by atoms with van der Waals surface area (Å²) in [7, 11) is 5.37. The number of hydrogen-bond donors (Lipinski definition) is 0. The van der Waals surface area contributed by atoms with Crippen molar-refractivity contribution in [3.63, 3.8) is 0 Å². The van der Waals surface area contributed by atoms with Crippen LogP contribution in [-0.2, 0) is 27.4 Å². The van der Waals surface area contributed by atoms with Crippen LogP contribution in [0.4, 0.5) is 4.39 Å². The fourth-order valence-corrected chi connectivity index (χ4v) is 7.21. The Balaban J connectivity index is 1.59. The Morgan fingerprint density at radius 1 is 0.914 bits per heavy atom. The number of rotatable bonds is 9. The van der Waals surface area contributed by atoms with Crippen molar-refractivity contribution < 1.29 is 28.1 Å². The maximum atomic E-state index is 15.5. The summed E-state index contributed by atoms with van der Waals surface area (Å²) in [5.41, 5.74) is 0.207. The first-order valence-electron chi connectivity index (χ1n) is 11.7. The van der Waals surface area contributed by atoms with Crippen LogP contribution in [0.5, 0.6) is 11.5 Å². The molecule has 2 heterocycles. The van der Waals surface area contributed by atoms with Crippen LogP contribution in [0.15, 0.2) is 48.5 Å². The van der Waals surface area contributed by atoms with E-state index in [2.05, 4.69) is 11.9 Å². The van der Waals surface area contributed by atoms with Crippen molar-refractivity contribution >= 4 is 28.6 Å². The normalized spacial score (nSPS) is 29.1. The molecule has 192 valence electrons. The fraction of sp³-hybridized carbons (Fsp3) is 0.538. The van der Waals surface area contributed by atoms with E-state index in [1.807, 2.05) is 48.5 Å². The number of ether oxygens (including phenoxy) is 5. The van der Waals surface area contributed by atoms with Gasteiger partial charge in [0.25, 0.3) is 0 Å². The van der Waals surface area contributed by atoms with Crippen LogP contribution in [0.3, 0.4) is 0 Å². The van der Waals surface area contributed by atoms with E-state index >= 15 is 4.39 Å². The van der Waals surface area contributed by atoms with Gasteiger partial charge in [0.2, 0.25) is 0 Å². The van der Waals surface area contributed by atoms with Crippen LogP contribution in [0.1, 0.15) is 25.0 Å². The van der Waals surface area contributed by atoms with E-state index in [0.29, 0.717) is 13.2 Å². The Labute approximate surface area is 220 Å². The molecule has 0 aliphatic carbocycles. The Morgan fingerprint density at radius 2 is 1.40 bits per heavy atom. The molecule has 0 saturated carbocycles. The number of alkyl halides is 1. The Morgan fingerprint density at radius 3 is 1.86 bits per heavy atom. The molecule has 0 spiro atoms. The first-order chi connectivity index (χ1) is 16.7. The van der Waals surface area contributed by atoms with Crippen LogP contribution in [0, 0.1) is 0 Å². The number of thioether (sulfide) groups is 1. The minimum atomic E-state index is -1.60. The molecule has 2 aliphatic rings. The van der Waals surface area contributed by atoms with Crippen LogP contribution in [0.2, 0.25) is 0 Å². The van der Waals surface area contributed by atoms with E-state index in [0.717, 1.165) is 22.6 Å². The van der Waals surface area contributed by atoms with Crippen molar-refractivity contribution in [1.29, 1.82) is 0 Å². The Hall–Kier alpha value is -1.28. The van der Waals surface area contributed by atoms with Crippen molar-refractivity contribution in [1.82, 2.24) is 4.90 Å². The van der Waals surface area contributed by atoms with E-state index in [1.54, 1.807) is 56.7 Å². The first-order valence-corrected chi connectivity index (χ1v) is 14.0. The number of benzene rings is 2. The summed E-state index contributed by atoms with van der Waals surface area (Å²) < 4.78 is 45.7. The zero-order valence-electron chi connectivity index (χ0n) is 20.8. The molecular weight excluding hydrogens is 532 g/mol. The SMILES string of the molecule is COc1ccc(CO[C@H]2[C@H](OCc3ccc(OC)cc3)[C@@H](C(C)(C)F)O[C@@H]3SC([AsH2])N(C)[C@H]23)cc1. The van der Waals surface area contributed by atoms with Gasteiger partial charge in [-0.3, -0.25) is 0 Å². The molecule has 2 aliphatic heterocycles. The zero-order chi connectivity index (χ0) is 25.2. The molecule has 2 aromatic carbocycles. The molecule has 0 amide bonds. The van der Waals surface area contributed by atoms with Gasteiger partial charge in [0.15, 0.2) is 0 Å². The van der Waals surface area contributed by atoms with Gasteiger partial charge in [-0.15, -0.1) is 0 Å². The van der Waals surface area contributed by atoms with Crippen LogP contribution in [0.25, 0.3) is 0 Å². The average Bonchev–Trinajstić information content (AvgIpc) is 3.14. The van der Waals surface area contributed by atoms with Crippen molar-refractivity contribution in [3.8, 4) is 11.5 Å². The van der Waals surface area contributed by atoms with E-state index < -0.39 is 17.9 Å². The summed E-state index contributed by atoms with van der Waals surface area (Å²) in [5.74, 6) is 1.57. The van der Waals surface area contributed by atoms with Crippen molar-refractivity contribution in [2.45, 2.75) is 66.7 Å². The Kier molecular flexibility index (Phi) is 8.73. The van der Waals surface area contributed by atoms with Crippen molar-refractivity contribution in [2.75, 3.05) is 21.3 Å². The maximum absolute atomic E-state index is 15.5. The topological polar surface area (TPSA) is 49.4 Å². The summed E-state index contributed by atoms with van der Waals surface area (Å²) >= 11 is 3.34. The van der Waals surface area contributed by atoms with Crippen LogP contribution in [-0.4, -0.2) is 82.6 Å². The zero-order valence-corrected chi connectivity index (χ0v) is 24.1. The van der Waals surface area contributed by atoms with E-state index in [9.17, 15) is 0 Å². The molecule has 0 bridgehead atoms. The van der Waals surface area contributed by atoms with Gasteiger partial charge in [0.1, 0.15) is 0 Å². The number of halogens is 1. The first kappa shape index (κ1) is 26.8. The molecule has 6 nitrogen and oxygen atoms in total. The van der Waals surface area contributed by atoms with Gasteiger partial charge in [-0.1, -0.05) is 0 Å². The summed E-state index contributed by atoms with van der Waals surface area (Å²) in [6.07, 6.45) is -1.72. The molecule has 2 aromatic rings. The molecule has 0 radical (unpaired) electrons. The molecule has 2 unspecified atom stereocenters. The number of fused-ring (bicyclic) bond motifs is 1. The molecule has 9 heteroatoms. The number of hydrogen-bond acceptors (Lipinski definition) is 7. The van der Waals surface area contributed by atoms with Gasteiger partial charge in [0.05, 0.1) is 7.11 Å². The Bertz CT molecular complexity index is 958. The van der Waals surface area contributed by atoms with Crippen molar-refractivity contribution in [2.24, 2.45) is 0 Å².